The van der Waals surface area contributed by atoms with Gasteiger partial charge in [-0.1, -0.05) is 6.08 Å². The second-order valence-electron chi connectivity index (χ2n) is 3.28. The Balaban J connectivity index is 2.44. The molecule has 0 aromatic carbocycles. The fourth-order valence-electron chi connectivity index (χ4n) is 1.41. The Morgan fingerprint density at radius 2 is 2.27 bits per heavy atom. The largest absolute Gasteiger partial charge is 0.379 e. The van der Waals surface area contributed by atoms with E-state index in [1.807, 2.05) is 4.90 Å². The first kappa shape index (κ1) is 12.2. The molecule has 1 N–H and O–H groups in total. The molecule has 0 spiro atoms. The van der Waals surface area contributed by atoms with E-state index in [0.29, 0.717) is 18.3 Å². The van der Waals surface area contributed by atoms with Crippen LogP contribution in [0.25, 0.3) is 0 Å². The molecule has 0 aliphatic carbocycles. The Morgan fingerprint density at radius 1 is 1.60 bits per heavy atom. The zero-order valence-corrected chi connectivity index (χ0v) is 9.50. The minimum absolute atomic E-state index is 0.307. The van der Waals surface area contributed by atoms with Crippen molar-refractivity contribution in [3.05, 3.63) is 12.7 Å². The third-order valence-corrected chi connectivity index (χ3v) is 2.54. The normalized spacial score (nSPS) is 17.1. The van der Waals surface area contributed by atoms with Gasteiger partial charge in [0.05, 0.1) is 19.9 Å². The summed E-state index contributed by atoms with van der Waals surface area (Å²) < 4.78 is 5.25. The van der Waals surface area contributed by atoms with E-state index in [-0.39, 0.29) is 0 Å². The zero-order chi connectivity index (χ0) is 11.1. The summed E-state index contributed by atoms with van der Waals surface area (Å²) in [6.45, 7) is 8.28. The maximum Gasteiger partial charge on any atom is 0.217 e. The molecule has 15 heavy (non-hydrogen) atoms. The van der Waals surface area contributed by atoms with Crippen LogP contribution >= 0.6 is 12.2 Å². The van der Waals surface area contributed by atoms with E-state index in [4.69, 9.17) is 22.5 Å². The highest BCUT2D eigenvalue weighted by Crippen LogP contribution is 2.02. The van der Waals surface area contributed by atoms with Crippen LogP contribution in [0.1, 0.15) is 0 Å². The summed E-state index contributed by atoms with van der Waals surface area (Å²) in [7, 11) is 0. The second kappa shape index (κ2) is 6.60. The molecule has 1 aliphatic rings. The van der Waals surface area contributed by atoms with Gasteiger partial charge in [-0.3, -0.25) is 4.90 Å². The molecule has 0 amide bonds. The molecule has 0 atom stereocenters. The average molecular weight is 228 g/mol. The van der Waals surface area contributed by atoms with Crippen LogP contribution in [0.15, 0.2) is 17.8 Å². The van der Waals surface area contributed by atoms with Crippen molar-refractivity contribution in [2.45, 2.75) is 0 Å². The van der Waals surface area contributed by atoms with Crippen molar-refractivity contribution in [1.82, 2.24) is 9.80 Å². The van der Waals surface area contributed by atoms with Crippen LogP contribution in [0.3, 0.4) is 0 Å². The van der Waals surface area contributed by atoms with Gasteiger partial charge in [0, 0.05) is 19.6 Å². The van der Waals surface area contributed by atoms with E-state index in [2.05, 4.69) is 16.6 Å². The second-order valence-corrected chi connectivity index (χ2v) is 3.64. The smallest absolute Gasteiger partial charge is 0.217 e. The van der Waals surface area contributed by atoms with E-state index in [0.717, 1.165) is 26.3 Å². The summed E-state index contributed by atoms with van der Waals surface area (Å²) in [5.41, 5.74) is 6.90. The van der Waals surface area contributed by atoms with E-state index in [1.165, 1.54) is 0 Å². The Kier molecular flexibility index (Phi) is 5.38. The predicted octanol–water partition coefficient (Wildman–Crippen LogP) is 1.08. The first-order chi connectivity index (χ1) is 7.27. The maximum absolute atomic E-state index is 6.90. The average Bonchev–Trinajstić information content (AvgIpc) is 2.29. The first-order valence-corrected chi connectivity index (χ1v) is 5.26. The molecular formula is C9H16N4OS. The molecule has 1 saturated heterocycles. The topological polar surface area (TPSA) is 51.9 Å². The molecule has 0 saturated carbocycles. The summed E-state index contributed by atoms with van der Waals surface area (Å²) in [6, 6.07) is 0. The van der Waals surface area contributed by atoms with Crippen molar-refractivity contribution in [3.63, 3.8) is 0 Å². The standard InChI is InChI=1S/C9H16N4OS/c1-2-3-13(9(15)11-10)8-12-4-6-14-7-5-12/h2,10H,1,3-8H2. The van der Waals surface area contributed by atoms with Crippen molar-refractivity contribution in [2.24, 2.45) is 5.11 Å². The molecule has 0 aromatic rings. The van der Waals surface area contributed by atoms with Crippen LogP contribution in [-0.2, 0) is 4.74 Å². The molecule has 0 unspecified atom stereocenters. The van der Waals surface area contributed by atoms with Crippen molar-refractivity contribution < 1.29 is 4.74 Å². The molecule has 1 heterocycles. The van der Waals surface area contributed by atoms with E-state index in [1.54, 1.807) is 6.08 Å². The molecule has 1 fully saturated rings. The third kappa shape index (κ3) is 4.03. The number of hydrogen-bond acceptors (Lipinski definition) is 4. The van der Waals surface area contributed by atoms with Crippen molar-refractivity contribution in [2.75, 3.05) is 39.5 Å². The highest BCUT2D eigenvalue weighted by atomic mass is 32.1. The van der Waals surface area contributed by atoms with Crippen LogP contribution in [0, 0.1) is 5.53 Å². The van der Waals surface area contributed by atoms with Crippen LogP contribution < -0.4 is 0 Å². The molecule has 6 heteroatoms. The number of hydrogen-bond donors (Lipinski definition) is 1. The van der Waals surface area contributed by atoms with Gasteiger partial charge in [-0.05, 0) is 12.2 Å². The van der Waals surface area contributed by atoms with Crippen LogP contribution in [0.2, 0.25) is 0 Å². The molecule has 0 radical (unpaired) electrons. The maximum atomic E-state index is 6.90. The predicted molar refractivity (Wildman–Crippen MR) is 61.9 cm³/mol. The van der Waals surface area contributed by atoms with Gasteiger partial charge >= 0.3 is 0 Å². The summed E-state index contributed by atoms with van der Waals surface area (Å²) in [5.74, 6) is 0. The van der Waals surface area contributed by atoms with E-state index < -0.39 is 0 Å². The highest BCUT2D eigenvalue weighted by molar-refractivity contribution is 7.80. The van der Waals surface area contributed by atoms with Crippen LogP contribution in [0.5, 0.6) is 0 Å². The van der Waals surface area contributed by atoms with Crippen molar-refractivity contribution in [3.8, 4) is 0 Å². The summed E-state index contributed by atoms with van der Waals surface area (Å²) in [4.78, 5) is 4.07. The molecule has 84 valence electrons. The van der Waals surface area contributed by atoms with Crippen molar-refractivity contribution >= 4 is 17.3 Å². The Bertz CT molecular complexity index is 240. The van der Waals surface area contributed by atoms with Gasteiger partial charge in [-0.25, -0.2) is 5.53 Å². The number of rotatable bonds is 4. The summed E-state index contributed by atoms with van der Waals surface area (Å²) >= 11 is 4.98. The van der Waals surface area contributed by atoms with Crippen LogP contribution in [0.4, 0.5) is 0 Å². The molecule has 0 aromatic heterocycles. The van der Waals surface area contributed by atoms with Crippen LogP contribution in [-0.4, -0.2) is 54.4 Å². The quantitative estimate of drug-likeness (QED) is 0.444. The minimum atomic E-state index is 0.307. The summed E-state index contributed by atoms with van der Waals surface area (Å²) in [5, 5.41) is 3.58. The van der Waals surface area contributed by atoms with E-state index in [9.17, 15) is 0 Å². The number of morpholine rings is 1. The van der Waals surface area contributed by atoms with Gasteiger partial charge in [0.1, 0.15) is 0 Å². The lowest BCUT2D eigenvalue weighted by Crippen LogP contribution is -2.45. The molecule has 0 bridgehead atoms. The molecule has 5 nitrogen and oxygen atoms in total. The van der Waals surface area contributed by atoms with Gasteiger partial charge in [0.15, 0.2) is 0 Å². The van der Waals surface area contributed by atoms with Gasteiger partial charge in [0.2, 0.25) is 5.11 Å². The Hall–Kier alpha value is -0.850. The van der Waals surface area contributed by atoms with Gasteiger partial charge in [-0.2, -0.15) is 0 Å². The highest BCUT2D eigenvalue weighted by Gasteiger charge is 2.15. The number of nitrogens with zero attached hydrogens (tertiary/aromatic N) is 3. The lowest BCUT2D eigenvalue weighted by Gasteiger charge is -2.32. The lowest BCUT2D eigenvalue weighted by atomic mass is 10.4. The van der Waals surface area contributed by atoms with Gasteiger partial charge < -0.3 is 9.64 Å². The number of thiocarbonyl (C=S) groups is 1. The lowest BCUT2D eigenvalue weighted by molar-refractivity contribution is 0.0228. The zero-order valence-electron chi connectivity index (χ0n) is 8.69. The Labute approximate surface area is 95.2 Å². The molecule has 1 rings (SSSR count). The number of nitrogens with one attached hydrogen (secondary N) is 1. The van der Waals surface area contributed by atoms with Gasteiger partial charge in [0.25, 0.3) is 0 Å². The fraction of sp³-hybridized carbons (Fsp3) is 0.667. The van der Waals surface area contributed by atoms with Gasteiger partial charge in [-0.15, -0.1) is 11.7 Å². The summed E-state index contributed by atoms with van der Waals surface area (Å²) in [6.07, 6.45) is 1.76. The molecular weight excluding hydrogens is 212 g/mol. The Morgan fingerprint density at radius 3 is 2.80 bits per heavy atom. The first-order valence-electron chi connectivity index (χ1n) is 4.85. The van der Waals surface area contributed by atoms with E-state index >= 15 is 0 Å². The fourth-order valence-corrected chi connectivity index (χ4v) is 1.54. The van der Waals surface area contributed by atoms with Crippen molar-refractivity contribution in [1.29, 1.82) is 5.53 Å². The minimum Gasteiger partial charge on any atom is -0.379 e. The number of ether oxygens (including phenoxy) is 1. The third-order valence-electron chi connectivity index (χ3n) is 2.19. The monoisotopic (exact) mass is 228 g/mol. The SMILES string of the molecule is C=CCN(CN1CCOCC1)C(=S)N=N. The molecule has 1 aliphatic heterocycles.